The molecule has 2 aromatic carbocycles. The quantitative estimate of drug-likeness (QED) is 0.625. The van der Waals surface area contributed by atoms with Crippen molar-refractivity contribution in [2.24, 2.45) is 0 Å². The highest BCUT2D eigenvalue weighted by Crippen LogP contribution is 2.12. The van der Waals surface area contributed by atoms with E-state index in [9.17, 15) is 4.79 Å². The van der Waals surface area contributed by atoms with Gasteiger partial charge >= 0.3 is 0 Å². The van der Waals surface area contributed by atoms with Gasteiger partial charge < -0.3 is 15.4 Å². The van der Waals surface area contributed by atoms with Gasteiger partial charge in [-0.25, -0.2) is 4.98 Å². The summed E-state index contributed by atoms with van der Waals surface area (Å²) in [6.07, 6.45) is 2.58. The Morgan fingerprint density at radius 2 is 1.68 bits per heavy atom. The Hall–Kier alpha value is -3.34. The normalized spacial score (nSPS) is 10.4. The van der Waals surface area contributed by atoms with Crippen LogP contribution >= 0.6 is 0 Å². The number of carbonyl (C=O) groups excluding carboxylic acids is 1. The molecule has 5 heteroatoms. The molecule has 0 fully saturated rings. The van der Waals surface area contributed by atoms with Gasteiger partial charge in [-0.3, -0.25) is 4.79 Å². The smallest absolute Gasteiger partial charge is 0.270 e. The zero-order valence-corrected chi connectivity index (χ0v) is 16.2. The minimum atomic E-state index is -0.176. The molecule has 1 amide bonds. The van der Waals surface area contributed by atoms with Crippen molar-refractivity contribution in [3.63, 3.8) is 0 Å². The van der Waals surface area contributed by atoms with Gasteiger partial charge in [-0.05, 0) is 48.7 Å². The average Bonchev–Trinajstić information content (AvgIpc) is 2.74. The topological polar surface area (TPSA) is 63.2 Å². The number of aryl methyl sites for hydroxylation is 1. The predicted octanol–water partition coefficient (Wildman–Crippen LogP) is 3.98. The molecule has 0 aliphatic rings. The number of hydrogen-bond acceptors (Lipinski definition) is 4. The second kappa shape index (κ2) is 9.55. The maximum absolute atomic E-state index is 12.2. The number of amides is 1. The Balaban J connectivity index is 1.45. The minimum absolute atomic E-state index is 0.176. The van der Waals surface area contributed by atoms with Crippen LogP contribution in [0.2, 0.25) is 0 Å². The molecule has 3 rings (SSSR count). The molecule has 0 spiro atoms. The van der Waals surface area contributed by atoms with Crippen molar-refractivity contribution in [1.82, 2.24) is 10.3 Å². The van der Waals surface area contributed by atoms with Gasteiger partial charge in [-0.1, -0.05) is 42.0 Å². The van der Waals surface area contributed by atoms with E-state index in [-0.39, 0.29) is 5.91 Å². The highest BCUT2D eigenvalue weighted by atomic mass is 16.5. The molecule has 0 saturated carbocycles. The zero-order chi connectivity index (χ0) is 19.8. The Bertz CT molecular complexity index is 889. The van der Waals surface area contributed by atoms with Crippen molar-refractivity contribution in [3.05, 3.63) is 89.2 Å². The fraction of sp³-hybridized carbons (Fsp3) is 0.217. The molecule has 1 aromatic heterocycles. The molecule has 0 bridgehead atoms. The fourth-order valence-electron chi connectivity index (χ4n) is 2.75. The van der Waals surface area contributed by atoms with Crippen LogP contribution in [0.15, 0.2) is 66.9 Å². The highest BCUT2D eigenvalue weighted by Gasteiger charge is 2.07. The molecule has 0 aliphatic carbocycles. The van der Waals surface area contributed by atoms with E-state index in [4.69, 9.17) is 4.74 Å². The maximum Gasteiger partial charge on any atom is 0.270 e. The third-order valence-electron chi connectivity index (χ3n) is 4.47. The van der Waals surface area contributed by atoms with E-state index >= 15 is 0 Å². The number of carbonyl (C=O) groups is 1. The van der Waals surface area contributed by atoms with Gasteiger partial charge in [0, 0.05) is 13.1 Å². The molecule has 5 nitrogen and oxygen atoms in total. The average molecular weight is 375 g/mol. The summed E-state index contributed by atoms with van der Waals surface area (Å²) >= 11 is 0. The van der Waals surface area contributed by atoms with E-state index in [2.05, 4.69) is 27.8 Å². The van der Waals surface area contributed by atoms with Gasteiger partial charge in [-0.2, -0.15) is 0 Å². The van der Waals surface area contributed by atoms with Crippen molar-refractivity contribution in [1.29, 1.82) is 0 Å². The lowest BCUT2D eigenvalue weighted by molar-refractivity contribution is 0.0946. The number of pyridine rings is 1. The summed E-state index contributed by atoms with van der Waals surface area (Å²) in [6.45, 7) is 3.31. The Morgan fingerprint density at radius 3 is 2.32 bits per heavy atom. The molecule has 144 valence electrons. The van der Waals surface area contributed by atoms with Crippen LogP contribution in [-0.4, -0.2) is 24.5 Å². The van der Waals surface area contributed by atoms with Crippen LogP contribution in [-0.2, 0) is 13.0 Å². The maximum atomic E-state index is 12.2. The molecule has 3 aromatic rings. The lowest BCUT2D eigenvalue weighted by atomic mass is 10.1. The number of benzene rings is 2. The molecule has 0 atom stereocenters. The van der Waals surface area contributed by atoms with Gasteiger partial charge in [0.15, 0.2) is 0 Å². The van der Waals surface area contributed by atoms with Gasteiger partial charge in [0.05, 0.1) is 19.0 Å². The van der Waals surface area contributed by atoms with Crippen LogP contribution in [0.5, 0.6) is 5.75 Å². The van der Waals surface area contributed by atoms with E-state index in [1.807, 2.05) is 49.4 Å². The molecule has 0 radical (unpaired) electrons. The summed E-state index contributed by atoms with van der Waals surface area (Å²) in [5.41, 5.74) is 4.80. The van der Waals surface area contributed by atoms with E-state index < -0.39 is 0 Å². The van der Waals surface area contributed by atoms with Gasteiger partial charge in [0.1, 0.15) is 11.4 Å². The van der Waals surface area contributed by atoms with Crippen LogP contribution in [0.4, 0.5) is 5.69 Å². The third kappa shape index (κ3) is 5.58. The van der Waals surface area contributed by atoms with Crippen LogP contribution in [0.1, 0.15) is 27.2 Å². The standard InChI is InChI=1S/C23H25N3O2/c1-17-3-5-19(6-4-17)15-26-23(27)22-12-9-20(16-25-22)24-14-13-18-7-10-21(28-2)11-8-18/h3-12,16,24H,13-15H2,1-2H3,(H,26,27). The van der Waals surface area contributed by atoms with Crippen LogP contribution in [0.25, 0.3) is 0 Å². The number of aromatic nitrogens is 1. The first-order valence-corrected chi connectivity index (χ1v) is 9.30. The summed E-state index contributed by atoms with van der Waals surface area (Å²) in [5, 5.41) is 6.22. The summed E-state index contributed by atoms with van der Waals surface area (Å²) in [5.74, 6) is 0.683. The molecule has 1 heterocycles. The summed E-state index contributed by atoms with van der Waals surface area (Å²) in [7, 11) is 1.66. The zero-order valence-electron chi connectivity index (χ0n) is 16.2. The molecule has 2 N–H and O–H groups in total. The SMILES string of the molecule is COc1ccc(CCNc2ccc(C(=O)NCc3ccc(C)cc3)nc2)cc1. The first-order valence-electron chi connectivity index (χ1n) is 9.30. The number of rotatable bonds is 8. The monoisotopic (exact) mass is 375 g/mol. The predicted molar refractivity (Wildman–Crippen MR) is 112 cm³/mol. The number of nitrogens with zero attached hydrogens (tertiary/aromatic N) is 1. The van der Waals surface area contributed by atoms with E-state index in [0.717, 1.165) is 30.0 Å². The van der Waals surface area contributed by atoms with Crippen LogP contribution < -0.4 is 15.4 Å². The van der Waals surface area contributed by atoms with Gasteiger partial charge in [-0.15, -0.1) is 0 Å². The molecule has 0 saturated heterocycles. The lowest BCUT2D eigenvalue weighted by Crippen LogP contribution is -2.23. The van der Waals surface area contributed by atoms with E-state index in [1.54, 1.807) is 19.4 Å². The second-order valence-electron chi connectivity index (χ2n) is 6.63. The molecule has 28 heavy (non-hydrogen) atoms. The highest BCUT2D eigenvalue weighted by molar-refractivity contribution is 5.92. The lowest BCUT2D eigenvalue weighted by Gasteiger charge is -2.08. The van der Waals surface area contributed by atoms with Crippen molar-refractivity contribution >= 4 is 11.6 Å². The van der Waals surface area contributed by atoms with Crippen molar-refractivity contribution in [2.45, 2.75) is 19.9 Å². The van der Waals surface area contributed by atoms with Gasteiger partial charge in [0.25, 0.3) is 5.91 Å². The number of hydrogen-bond donors (Lipinski definition) is 2. The fourth-order valence-corrected chi connectivity index (χ4v) is 2.75. The number of nitrogens with one attached hydrogen (secondary N) is 2. The van der Waals surface area contributed by atoms with Gasteiger partial charge in [0.2, 0.25) is 0 Å². The van der Waals surface area contributed by atoms with Crippen LogP contribution in [0, 0.1) is 6.92 Å². The van der Waals surface area contributed by atoms with Crippen molar-refractivity contribution < 1.29 is 9.53 Å². The van der Waals surface area contributed by atoms with E-state index in [0.29, 0.717) is 12.2 Å². The first kappa shape index (κ1) is 19.4. The summed E-state index contributed by atoms with van der Waals surface area (Å²) in [4.78, 5) is 16.5. The van der Waals surface area contributed by atoms with Crippen molar-refractivity contribution in [3.8, 4) is 5.75 Å². The second-order valence-corrected chi connectivity index (χ2v) is 6.63. The Morgan fingerprint density at radius 1 is 0.964 bits per heavy atom. The molecular weight excluding hydrogens is 350 g/mol. The number of anilines is 1. The molecular formula is C23H25N3O2. The Kier molecular flexibility index (Phi) is 6.63. The largest absolute Gasteiger partial charge is 0.497 e. The van der Waals surface area contributed by atoms with Crippen molar-refractivity contribution in [2.75, 3.05) is 19.0 Å². The number of ether oxygens (including phenoxy) is 1. The molecule has 0 unspecified atom stereocenters. The molecule has 0 aliphatic heterocycles. The summed E-state index contributed by atoms with van der Waals surface area (Å²) < 4.78 is 5.16. The summed E-state index contributed by atoms with van der Waals surface area (Å²) in [6, 6.07) is 19.7. The van der Waals surface area contributed by atoms with E-state index in [1.165, 1.54) is 11.1 Å². The Labute approximate surface area is 165 Å². The minimum Gasteiger partial charge on any atom is -0.497 e. The first-order chi connectivity index (χ1) is 13.6. The van der Waals surface area contributed by atoms with Crippen LogP contribution in [0.3, 0.4) is 0 Å². The number of methoxy groups -OCH3 is 1. The third-order valence-corrected chi connectivity index (χ3v) is 4.47.